The molecule has 1 aliphatic carbocycles. The standard InChI is InChI=1S/C27H26N2O5/c1-17-6-5-9-22-24(17)26(32)29(25(22)31)20-10-12-21(13-11-20)34-27(33)19-14-23(30)28(16-19)15-18-7-3-2-4-8-18/h2-8,10-13,17,19,22,24H,9,14-16H2,1H3/t17-,19+,22+,24-/m1/s1. The number of esters is 1. The van der Waals surface area contributed by atoms with Crippen LogP contribution in [-0.2, 0) is 25.7 Å². The van der Waals surface area contributed by atoms with E-state index >= 15 is 0 Å². The van der Waals surface area contributed by atoms with Crippen LogP contribution in [0.4, 0.5) is 5.69 Å². The molecule has 7 heteroatoms. The van der Waals surface area contributed by atoms with Crippen molar-refractivity contribution >= 4 is 29.4 Å². The number of carbonyl (C=O) groups is 4. The summed E-state index contributed by atoms with van der Waals surface area (Å²) in [6.45, 7) is 2.74. The second-order valence-corrected chi connectivity index (χ2v) is 9.24. The summed E-state index contributed by atoms with van der Waals surface area (Å²) in [6.07, 6.45) is 4.66. The van der Waals surface area contributed by atoms with Crippen LogP contribution in [0, 0.1) is 23.7 Å². The second-order valence-electron chi connectivity index (χ2n) is 9.24. The zero-order valence-corrected chi connectivity index (χ0v) is 18.9. The summed E-state index contributed by atoms with van der Waals surface area (Å²) < 4.78 is 5.51. The molecule has 3 amide bonds. The Kier molecular flexibility index (Phi) is 5.77. The van der Waals surface area contributed by atoms with Crippen LogP contribution in [0.1, 0.15) is 25.3 Å². The second kappa shape index (κ2) is 8.89. The largest absolute Gasteiger partial charge is 0.426 e. The van der Waals surface area contributed by atoms with Crippen LogP contribution in [0.3, 0.4) is 0 Å². The Morgan fingerprint density at radius 2 is 1.74 bits per heavy atom. The van der Waals surface area contributed by atoms with Crippen molar-refractivity contribution in [3.05, 3.63) is 72.3 Å². The summed E-state index contributed by atoms with van der Waals surface area (Å²) in [4.78, 5) is 53.8. The molecule has 7 nitrogen and oxygen atoms in total. The number of nitrogens with zero attached hydrogens (tertiary/aromatic N) is 2. The van der Waals surface area contributed by atoms with E-state index in [0.29, 0.717) is 30.9 Å². The highest BCUT2D eigenvalue weighted by atomic mass is 16.5. The van der Waals surface area contributed by atoms with Crippen LogP contribution in [0.2, 0.25) is 0 Å². The zero-order valence-electron chi connectivity index (χ0n) is 18.9. The van der Waals surface area contributed by atoms with E-state index < -0.39 is 11.9 Å². The van der Waals surface area contributed by atoms with Gasteiger partial charge < -0.3 is 9.64 Å². The molecule has 2 fully saturated rings. The third-order valence-corrected chi connectivity index (χ3v) is 6.95. The highest BCUT2D eigenvalue weighted by Gasteiger charge is 2.50. The van der Waals surface area contributed by atoms with Gasteiger partial charge in [0.2, 0.25) is 17.7 Å². The molecule has 0 saturated carbocycles. The van der Waals surface area contributed by atoms with Crippen molar-refractivity contribution in [2.45, 2.75) is 26.3 Å². The maximum Gasteiger partial charge on any atom is 0.316 e. The first kappa shape index (κ1) is 22.1. The Bertz CT molecular complexity index is 1160. The molecule has 174 valence electrons. The van der Waals surface area contributed by atoms with Gasteiger partial charge >= 0.3 is 5.97 Å². The molecule has 0 unspecified atom stereocenters. The van der Waals surface area contributed by atoms with E-state index in [0.717, 1.165) is 5.56 Å². The van der Waals surface area contributed by atoms with E-state index in [9.17, 15) is 19.2 Å². The van der Waals surface area contributed by atoms with Crippen molar-refractivity contribution in [1.29, 1.82) is 0 Å². The third kappa shape index (κ3) is 4.02. The number of rotatable bonds is 5. The van der Waals surface area contributed by atoms with Gasteiger partial charge in [0.15, 0.2) is 0 Å². The van der Waals surface area contributed by atoms with Crippen LogP contribution in [0.15, 0.2) is 66.7 Å². The summed E-state index contributed by atoms with van der Waals surface area (Å²) in [5.41, 5.74) is 1.48. The maximum absolute atomic E-state index is 12.9. The fourth-order valence-electron chi connectivity index (χ4n) is 5.15. The van der Waals surface area contributed by atoms with Gasteiger partial charge in [-0.15, -0.1) is 0 Å². The predicted octanol–water partition coefficient (Wildman–Crippen LogP) is 3.34. The first-order valence-corrected chi connectivity index (χ1v) is 11.6. The molecule has 0 N–H and O–H groups in total. The van der Waals surface area contributed by atoms with E-state index in [-0.39, 0.29) is 41.9 Å². The van der Waals surface area contributed by atoms with Gasteiger partial charge in [-0.3, -0.25) is 24.1 Å². The van der Waals surface area contributed by atoms with E-state index in [1.807, 2.05) is 49.4 Å². The normalized spacial score (nSPS) is 26.2. The van der Waals surface area contributed by atoms with E-state index in [4.69, 9.17) is 4.74 Å². The first-order valence-electron chi connectivity index (χ1n) is 11.6. The number of anilines is 1. The fourth-order valence-corrected chi connectivity index (χ4v) is 5.15. The van der Waals surface area contributed by atoms with E-state index in [1.165, 1.54) is 4.90 Å². The number of allylic oxidation sites excluding steroid dienone is 2. The number of carbonyl (C=O) groups excluding carboxylic acids is 4. The summed E-state index contributed by atoms with van der Waals surface area (Å²) >= 11 is 0. The topological polar surface area (TPSA) is 84.0 Å². The molecule has 2 aliphatic heterocycles. The SMILES string of the molecule is C[C@@H]1C=CC[C@@H]2C(=O)N(c3ccc(OC(=O)[C@H]4CC(=O)N(Cc5ccccc5)C4)cc3)C(=O)[C@H]12. The first-order chi connectivity index (χ1) is 16.4. The van der Waals surface area contributed by atoms with E-state index in [2.05, 4.69) is 0 Å². The van der Waals surface area contributed by atoms with Crippen LogP contribution in [0.25, 0.3) is 0 Å². The molecular weight excluding hydrogens is 432 g/mol. The van der Waals surface area contributed by atoms with Gasteiger partial charge in [-0.25, -0.2) is 0 Å². The average Bonchev–Trinajstić information content (AvgIpc) is 3.32. The smallest absolute Gasteiger partial charge is 0.316 e. The molecule has 4 atom stereocenters. The molecular formula is C27H26N2O5. The number of benzene rings is 2. The van der Waals surface area contributed by atoms with Gasteiger partial charge in [0.1, 0.15) is 5.75 Å². The van der Waals surface area contributed by atoms with E-state index in [1.54, 1.807) is 29.2 Å². The maximum atomic E-state index is 12.9. The summed E-state index contributed by atoms with van der Waals surface area (Å²) in [6, 6.07) is 16.0. The Balaban J connectivity index is 1.22. The lowest BCUT2D eigenvalue weighted by atomic mass is 9.78. The number of hydrogen-bond donors (Lipinski definition) is 0. The molecule has 0 radical (unpaired) electrons. The van der Waals surface area contributed by atoms with Crippen LogP contribution >= 0.6 is 0 Å². The summed E-state index contributed by atoms with van der Waals surface area (Å²) in [7, 11) is 0. The van der Waals surface area contributed by atoms with Crippen LogP contribution < -0.4 is 9.64 Å². The number of likely N-dealkylation sites (tertiary alicyclic amines) is 1. The number of imide groups is 1. The molecule has 2 heterocycles. The molecule has 0 aromatic heterocycles. The predicted molar refractivity (Wildman–Crippen MR) is 124 cm³/mol. The number of fused-ring (bicyclic) bond motifs is 1. The highest BCUT2D eigenvalue weighted by molar-refractivity contribution is 6.22. The quantitative estimate of drug-likeness (QED) is 0.297. The lowest BCUT2D eigenvalue weighted by molar-refractivity contribution is -0.139. The van der Waals surface area contributed by atoms with Gasteiger partial charge in [-0.1, -0.05) is 49.4 Å². The Labute approximate surface area is 198 Å². The minimum atomic E-state index is -0.533. The highest BCUT2D eigenvalue weighted by Crippen LogP contribution is 2.40. The monoisotopic (exact) mass is 458 g/mol. The molecule has 0 spiro atoms. The number of ether oxygens (including phenoxy) is 1. The minimum absolute atomic E-state index is 0.0241. The zero-order chi connectivity index (χ0) is 23.8. The van der Waals surface area contributed by atoms with Crippen molar-refractivity contribution in [3.63, 3.8) is 0 Å². The minimum Gasteiger partial charge on any atom is -0.426 e. The Morgan fingerprint density at radius 3 is 2.44 bits per heavy atom. The van der Waals surface area contributed by atoms with Crippen LogP contribution in [-0.4, -0.2) is 35.1 Å². The molecule has 0 bridgehead atoms. The lowest BCUT2D eigenvalue weighted by Crippen LogP contribution is -2.31. The molecule has 2 aromatic rings. The molecule has 5 rings (SSSR count). The fraction of sp³-hybridized carbons (Fsp3) is 0.333. The molecule has 3 aliphatic rings. The Hall–Kier alpha value is -3.74. The molecule has 34 heavy (non-hydrogen) atoms. The molecule has 2 saturated heterocycles. The average molecular weight is 459 g/mol. The third-order valence-electron chi connectivity index (χ3n) is 6.95. The lowest BCUT2D eigenvalue weighted by Gasteiger charge is -2.22. The summed E-state index contributed by atoms with van der Waals surface area (Å²) in [5, 5.41) is 0. The van der Waals surface area contributed by atoms with Gasteiger partial charge in [0.25, 0.3) is 0 Å². The van der Waals surface area contributed by atoms with Crippen molar-refractivity contribution < 1.29 is 23.9 Å². The Morgan fingerprint density at radius 1 is 1.00 bits per heavy atom. The van der Waals surface area contributed by atoms with Crippen molar-refractivity contribution in [1.82, 2.24) is 4.90 Å². The van der Waals surface area contributed by atoms with Crippen molar-refractivity contribution in [2.24, 2.45) is 23.7 Å². The number of hydrogen-bond acceptors (Lipinski definition) is 5. The van der Waals surface area contributed by atoms with Gasteiger partial charge in [0, 0.05) is 19.5 Å². The van der Waals surface area contributed by atoms with Gasteiger partial charge in [-0.2, -0.15) is 0 Å². The van der Waals surface area contributed by atoms with Gasteiger partial charge in [-0.05, 0) is 42.2 Å². The van der Waals surface area contributed by atoms with Crippen molar-refractivity contribution in [3.8, 4) is 5.75 Å². The number of amides is 3. The summed E-state index contributed by atoms with van der Waals surface area (Å²) in [5.74, 6) is -1.73. The van der Waals surface area contributed by atoms with Crippen molar-refractivity contribution in [2.75, 3.05) is 11.4 Å². The van der Waals surface area contributed by atoms with Crippen LogP contribution in [0.5, 0.6) is 5.75 Å². The van der Waals surface area contributed by atoms with Gasteiger partial charge in [0.05, 0.1) is 23.4 Å². The molecule has 2 aromatic carbocycles.